The molecule has 2 bridgehead atoms. The van der Waals surface area contributed by atoms with E-state index in [1.165, 1.54) is 19.1 Å². The minimum Gasteiger partial charge on any atom is -0.396 e. The molecule has 2 N–H and O–H groups in total. The Bertz CT molecular complexity index is 1070. The van der Waals surface area contributed by atoms with Crippen LogP contribution in [0.3, 0.4) is 0 Å². The van der Waals surface area contributed by atoms with Crippen LogP contribution in [0.25, 0.3) is 11.1 Å². The van der Waals surface area contributed by atoms with Gasteiger partial charge in [0.2, 0.25) is 11.8 Å². The highest BCUT2D eigenvalue weighted by Gasteiger charge is 2.56. The summed E-state index contributed by atoms with van der Waals surface area (Å²) in [7, 11) is 0. The van der Waals surface area contributed by atoms with Crippen molar-refractivity contribution in [1.29, 1.82) is 0 Å². The lowest BCUT2D eigenvalue weighted by Crippen LogP contribution is -2.48. The number of carbonyl (C=O) groups is 2. The SMILES string of the molecule is CCNC(=O)[C@H]1[C@H](CO)[C@H]2Cn3c(ccc(-c4cccc(F)c4)c3=O)[C@@H]1N2C(C)=O. The second-order valence-corrected chi connectivity index (χ2v) is 7.80. The van der Waals surface area contributed by atoms with Crippen molar-refractivity contribution in [2.45, 2.75) is 32.5 Å². The van der Waals surface area contributed by atoms with Gasteiger partial charge in [-0.1, -0.05) is 12.1 Å². The molecule has 8 heteroatoms. The van der Waals surface area contributed by atoms with Gasteiger partial charge in [0.1, 0.15) is 5.82 Å². The first-order valence-corrected chi connectivity index (χ1v) is 10.1. The number of nitrogens with one attached hydrogen (secondary N) is 1. The van der Waals surface area contributed by atoms with E-state index in [1.54, 1.807) is 40.7 Å². The number of carbonyl (C=O) groups excluding carboxylic acids is 2. The fraction of sp³-hybridized carbons (Fsp3) is 0.409. The molecule has 1 aromatic heterocycles. The van der Waals surface area contributed by atoms with Gasteiger partial charge < -0.3 is 19.9 Å². The van der Waals surface area contributed by atoms with Crippen LogP contribution in [0.1, 0.15) is 25.6 Å². The third-order valence-electron chi connectivity index (χ3n) is 6.20. The van der Waals surface area contributed by atoms with E-state index in [2.05, 4.69) is 5.32 Å². The van der Waals surface area contributed by atoms with Crippen molar-refractivity contribution in [3.05, 3.63) is 58.3 Å². The van der Waals surface area contributed by atoms with Crippen LogP contribution in [-0.4, -0.2) is 45.6 Å². The molecule has 1 fully saturated rings. The number of amides is 2. The van der Waals surface area contributed by atoms with Crippen molar-refractivity contribution in [2.24, 2.45) is 11.8 Å². The molecule has 1 aromatic carbocycles. The second kappa shape index (κ2) is 7.68. The number of fused-ring (bicyclic) bond motifs is 4. The van der Waals surface area contributed by atoms with Gasteiger partial charge in [0.25, 0.3) is 5.56 Å². The molecule has 2 aliphatic rings. The Labute approximate surface area is 173 Å². The van der Waals surface area contributed by atoms with E-state index >= 15 is 0 Å². The summed E-state index contributed by atoms with van der Waals surface area (Å²) in [6, 6.07) is 8.05. The van der Waals surface area contributed by atoms with Gasteiger partial charge in [-0.15, -0.1) is 0 Å². The number of rotatable bonds is 4. The number of aliphatic hydroxyl groups excluding tert-OH is 1. The fourth-order valence-corrected chi connectivity index (χ4v) is 5.01. The Kier molecular flexibility index (Phi) is 5.19. The minimum absolute atomic E-state index is 0.175. The predicted octanol–water partition coefficient (Wildman–Crippen LogP) is 1.30. The topological polar surface area (TPSA) is 91.6 Å². The largest absolute Gasteiger partial charge is 0.396 e. The van der Waals surface area contributed by atoms with Crippen LogP contribution in [0, 0.1) is 17.7 Å². The summed E-state index contributed by atoms with van der Waals surface area (Å²) in [6.07, 6.45) is 0. The fourth-order valence-electron chi connectivity index (χ4n) is 5.01. The Balaban J connectivity index is 1.88. The molecule has 7 nitrogen and oxygen atoms in total. The van der Waals surface area contributed by atoms with E-state index < -0.39 is 29.7 Å². The summed E-state index contributed by atoms with van der Waals surface area (Å²) >= 11 is 0. The maximum Gasteiger partial charge on any atom is 0.258 e. The predicted molar refractivity (Wildman–Crippen MR) is 108 cm³/mol. The molecule has 0 radical (unpaired) electrons. The Hall–Kier alpha value is -3.00. The highest BCUT2D eigenvalue weighted by atomic mass is 19.1. The van der Waals surface area contributed by atoms with Crippen LogP contribution >= 0.6 is 0 Å². The van der Waals surface area contributed by atoms with Crippen molar-refractivity contribution in [3.8, 4) is 11.1 Å². The quantitative estimate of drug-likeness (QED) is 0.791. The molecule has 3 heterocycles. The normalized spacial score (nSPS) is 24.5. The van der Waals surface area contributed by atoms with Gasteiger partial charge in [-0.05, 0) is 36.8 Å². The highest BCUT2D eigenvalue weighted by Crippen LogP contribution is 2.48. The van der Waals surface area contributed by atoms with Crippen LogP contribution in [0.2, 0.25) is 0 Å². The summed E-state index contributed by atoms with van der Waals surface area (Å²) in [5.41, 5.74) is 1.07. The molecule has 2 aliphatic heterocycles. The van der Waals surface area contributed by atoms with E-state index in [9.17, 15) is 23.9 Å². The number of halogens is 1. The van der Waals surface area contributed by atoms with Gasteiger partial charge in [-0.2, -0.15) is 0 Å². The molecule has 0 aliphatic carbocycles. The summed E-state index contributed by atoms with van der Waals surface area (Å²) in [5, 5.41) is 12.9. The molecule has 1 saturated heterocycles. The third-order valence-corrected chi connectivity index (χ3v) is 6.20. The van der Waals surface area contributed by atoms with E-state index in [1.807, 2.05) is 0 Å². The number of pyridine rings is 1. The zero-order valence-corrected chi connectivity index (χ0v) is 16.8. The first kappa shape index (κ1) is 20.3. The lowest BCUT2D eigenvalue weighted by atomic mass is 9.86. The van der Waals surface area contributed by atoms with Crippen molar-refractivity contribution in [1.82, 2.24) is 14.8 Å². The van der Waals surface area contributed by atoms with Gasteiger partial charge in [0.15, 0.2) is 0 Å². The van der Waals surface area contributed by atoms with Crippen LogP contribution in [0.4, 0.5) is 4.39 Å². The number of aromatic nitrogens is 1. The highest BCUT2D eigenvalue weighted by molar-refractivity contribution is 5.83. The molecule has 158 valence electrons. The number of benzene rings is 1. The number of hydrogen-bond donors (Lipinski definition) is 2. The van der Waals surface area contributed by atoms with E-state index in [0.29, 0.717) is 23.4 Å². The molecular formula is C22H24FN3O4. The standard InChI is InChI=1S/C22H24FN3O4/c1-3-24-21(29)19-16(11-27)18-10-25-17(20(19)26(18)12(2)28)8-7-15(22(25)30)13-5-4-6-14(23)9-13/h4-9,16,18-20,27H,3,10-11H2,1-2H3,(H,24,29)/t16-,18-,19+,20+/m1/s1. The van der Waals surface area contributed by atoms with E-state index in [4.69, 9.17) is 0 Å². The number of nitrogens with zero attached hydrogens (tertiary/aromatic N) is 2. The van der Waals surface area contributed by atoms with Gasteiger partial charge in [0.05, 0.1) is 18.0 Å². The Morgan fingerprint density at radius 3 is 2.67 bits per heavy atom. The van der Waals surface area contributed by atoms with Crippen LogP contribution in [0.5, 0.6) is 0 Å². The van der Waals surface area contributed by atoms with Crippen molar-refractivity contribution >= 4 is 11.8 Å². The maximum atomic E-state index is 13.7. The van der Waals surface area contributed by atoms with Crippen molar-refractivity contribution < 1.29 is 19.1 Å². The molecule has 4 rings (SSSR count). The first-order chi connectivity index (χ1) is 14.4. The Morgan fingerprint density at radius 1 is 1.27 bits per heavy atom. The van der Waals surface area contributed by atoms with Crippen LogP contribution in [0.15, 0.2) is 41.2 Å². The summed E-state index contributed by atoms with van der Waals surface area (Å²) < 4.78 is 15.2. The lowest BCUT2D eigenvalue weighted by Gasteiger charge is -2.37. The van der Waals surface area contributed by atoms with Crippen LogP contribution < -0.4 is 10.9 Å². The zero-order chi connectivity index (χ0) is 21.6. The van der Waals surface area contributed by atoms with E-state index in [-0.39, 0.29) is 30.5 Å². The molecule has 2 amide bonds. The van der Waals surface area contributed by atoms with Gasteiger partial charge in [0, 0.05) is 43.8 Å². The monoisotopic (exact) mass is 413 g/mol. The second-order valence-electron chi connectivity index (χ2n) is 7.80. The maximum absolute atomic E-state index is 13.7. The van der Waals surface area contributed by atoms with Crippen molar-refractivity contribution in [3.63, 3.8) is 0 Å². The number of aliphatic hydroxyl groups is 1. The molecule has 0 spiro atoms. The molecule has 2 aromatic rings. The summed E-state index contributed by atoms with van der Waals surface area (Å²) in [6.45, 7) is 3.57. The van der Waals surface area contributed by atoms with E-state index in [0.717, 1.165) is 0 Å². The van der Waals surface area contributed by atoms with Gasteiger partial charge in [-0.3, -0.25) is 14.4 Å². The number of hydrogen-bond acceptors (Lipinski definition) is 4. The van der Waals surface area contributed by atoms with Crippen LogP contribution in [-0.2, 0) is 16.1 Å². The minimum atomic E-state index is -0.656. The smallest absolute Gasteiger partial charge is 0.258 e. The van der Waals surface area contributed by atoms with Crippen molar-refractivity contribution in [2.75, 3.05) is 13.2 Å². The summed E-state index contributed by atoms with van der Waals surface area (Å²) in [4.78, 5) is 40.2. The first-order valence-electron chi connectivity index (χ1n) is 10.1. The molecular weight excluding hydrogens is 389 g/mol. The third kappa shape index (κ3) is 3.02. The molecule has 0 unspecified atom stereocenters. The zero-order valence-electron chi connectivity index (χ0n) is 16.8. The average molecular weight is 413 g/mol. The molecule has 4 atom stereocenters. The summed E-state index contributed by atoms with van der Waals surface area (Å²) in [5.74, 6) is -2.03. The van der Waals surface area contributed by atoms with Gasteiger partial charge in [-0.25, -0.2) is 4.39 Å². The Morgan fingerprint density at radius 2 is 2.03 bits per heavy atom. The average Bonchev–Trinajstić information content (AvgIpc) is 2.96. The van der Waals surface area contributed by atoms with Gasteiger partial charge >= 0.3 is 0 Å². The molecule has 0 saturated carbocycles. The molecule has 30 heavy (non-hydrogen) atoms. The lowest BCUT2D eigenvalue weighted by molar-refractivity contribution is -0.134.